The van der Waals surface area contributed by atoms with E-state index in [1.807, 2.05) is 0 Å². The summed E-state index contributed by atoms with van der Waals surface area (Å²) in [5.74, 6) is -0.681. The molecule has 0 bridgehead atoms. The minimum Gasteiger partial charge on any atom is -0.496 e. The first-order valence-electron chi connectivity index (χ1n) is 4.23. The summed E-state index contributed by atoms with van der Waals surface area (Å²) in [4.78, 5) is 11.1. The summed E-state index contributed by atoms with van der Waals surface area (Å²) in [5, 5.41) is 0. The van der Waals surface area contributed by atoms with Gasteiger partial charge in [0.2, 0.25) is 0 Å². The third kappa shape index (κ3) is 2.47. The van der Waals surface area contributed by atoms with Crippen molar-refractivity contribution in [3.63, 3.8) is 0 Å². The highest BCUT2D eigenvalue weighted by Gasteiger charge is 2.38. The molecule has 0 fully saturated rings. The zero-order valence-electron chi connectivity index (χ0n) is 8.48. The summed E-state index contributed by atoms with van der Waals surface area (Å²) in [6, 6.07) is 2.49. The van der Waals surface area contributed by atoms with E-state index in [1.54, 1.807) is 0 Å². The van der Waals surface area contributed by atoms with E-state index in [0.717, 1.165) is 13.2 Å². The normalized spacial score (nSPS) is 11.4. The number of ketones is 1. The Labute approximate surface area is 104 Å². The van der Waals surface area contributed by atoms with Crippen molar-refractivity contribution < 1.29 is 22.7 Å². The van der Waals surface area contributed by atoms with Gasteiger partial charge >= 0.3 is 6.18 Å². The lowest BCUT2D eigenvalue weighted by atomic mass is 10.1. The summed E-state index contributed by atoms with van der Waals surface area (Å²) in [7, 11) is 1.16. The van der Waals surface area contributed by atoms with Crippen LogP contribution in [0.2, 0.25) is 0 Å². The Morgan fingerprint density at radius 2 is 1.94 bits per heavy atom. The van der Waals surface area contributed by atoms with E-state index in [2.05, 4.69) is 4.74 Å². The Morgan fingerprint density at radius 1 is 1.38 bits per heavy atom. The Hall–Kier alpha value is -0.790. The maximum atomic E-state index is 12.7. The maximum absolute atomic E-state index is 12.7. The first kappa shape index (κ1) is 13.3. The van der Waals surface area contributed by atoms with Gasteiger partial charge in [-0.2, -0.15) is 13.2 Å². The molecule has 1 aromatic carbocycles. The molecule has 0 aliphatic heterocycles. The summed E-state index contributed by atoms with van der Waals surface area (Å²) >= 11 is 1.51. The van der Waals surface area contributed by atoms with E-state index in [0.29, 0.717) is 0 Å². The van der Waals surface area contributed by atoms with Crippen LogP contribution < -0.4 is 4.74 Å². The number of carbonyl (C=O) groups is 1. The minimum absolute atomic E-state index is 0.0497. The van der Waals surface area contributed by atoms with E-state index in [9.17, 15) is 18.0 Å². The quantitative estimate of drug-likeness (QED) is 0.606. The largest absolute Gasteiger partial charge is 0.496 e. The molecule has 0 atom stereocenters. The van der Waals surface area contributed by atoms with Gasteiger partial charge in [0, 0.05) is 9.13 Å². The summed E-state index contributed by atoms with van der Waals surface area (Å²) in [6.07, 6.45) is -4.53. The smallest absolute Gasteiger partial charge is 0.421 e. The van der Waals surface area contributed by atoms with Crippen molar-refractivity contribution in [3.05, 3.63) is 26.8 Å². The van der Waals surface area contributed by atoms with Gasteiger partial charge in [-0.25, -0.2) is 0 Å². The summed E-state index contributed by atoms with van der Waals surface area (Å²) < 4.78 is 42.8. The molecule has 88 valence electrons. The Kier molecular flexibility index (Phi) is 3.82. The van der Waals surface area contributed by atoms with Crippen LogP contribution in [0.4, 0.5) is 13.2 Å². The molecule has 1 aromatic rings. The third-order valence-electron chi connectivity index (χ3n) is 1.99. The number of halogens is 4. The zero-order chi connectivity index (χ0) is 12.5. The first-order chi connectivity index (χ1) is 7.29. The zero-order valence-corrected chi connectivity index (χ0v) is 10.6. The summed E-state index contributed by atoms with van der Waals surface area (Å²) in [5.41, 5.74) is -0.850. The van der Waals surface area contributed by atoms with E-state index < -0.39 is 17.5 Å². The van der Waals surface area contributed by atoms with Crippen LogP contribution in [0.3, 0.4) is 0 Å². The Balaban J connectivity index is 3.53. The standard InChI is InChI=1S/C10H8F3IO2/c1-5(15)6-3-4-7(16-2)8(9(6)14)10(11,12)13/h3-4H,1-2H3. The number of carbonyl (C=O) groups excluding carboxylic acids is 1. The number of hydrogen-bond acceptors (Lipinski definition) is 2. The molecule has 0 saturated carbocycles. The monoisotopic (exact) mass is 344 g/mol. The molecule has 0 saturated heterocycles. The van der Waals surface area contributed by atoms with Crippen LogP contribution in [0.25, 0.3) is 0 Å². The second-order valence-corrected chi connectivity index (χ2v) is 4.14. The Bertz CT molecular complexity index is 427. The number of methoxy groups -OCH3 is 1. The predicted molar refractivity (Wildman–Crippen MR) is 60.7 cm³/mol. The van der Waals surface area contributed by atoms with Gasteiger partial charge in [-0.1, -0.05) is 0 Å². The SMILES string of the molecule is COc1ccc(C(C)=O)c(I)c1C(F)(F)F. The molecule has 0 radical (unpaired) electrons. The number of hydrogen-bond donors (Lipinski definition) is 0. The number of Topliss-reactive ketones (excluding diaryl/α,β-unsaturated/α-hetero) is 1. The van der Waals surface area contributed by atoms with Crippen molar-refractivity contribution >= 4 is 28.4 Å². The van der Waals surface area contributed by atoms with Gasteiger partial charge in [0.25, 0.3) is 0 Å². The lowest BCUT2D eigenvalue weighted by Gasteiger charge is -2.15. The molecule has 6 heteroatoms. The van der Waals surface area contributed by atoms with Gasteiger partial charge in [0.1, 0.15) is 11.3 Å². The van der Waals surface area contributed by atoms with Gasteiger partial charge in [-0.15, -0.1) is 0 Å². The van der Waals surface area contributed by atoms with Crippen LogP contribution in [0.5, 0.6) is 5.75 Å². The van der Waals surface area contributed by atoms with Crippen LogP contribution in [0, 0.1) is 3.57 Å². The molecule has 16 heavy (non-hydrogen) atoms. The third-order valence-corrected chi connectivity index (χ3v) is 3.11. The lowest BCUT2D eigenvalue weighted by molar-refractivity contribution is -0.139. The number of benzene rings is 1. The second kappa shape index (κ2) is 4.60. The van der Waals surface area contributed by atoms with Crippen molar-refractivity contribution in [1.29, 1.82) is 0 Å². The molecule has 0 aliphatic rings. The molecule has 0 heterocycles. The number of alkyl halides is 3. The van der Waals surface area contributed by atoms with Crippen molar-refractivity contribution in [2.45, 2.75) is 13.1 Å². The van der Waals surface area contributed by atoms with Gasteiger partial charge in [0.15, 0.2) is 5.78 Å². The topological polar surface area (TPSA) is 26.3 Å². The molecule has 0 aliphatic carbocycles. The fourth-order valence-electron chi connectivity index (χ4n) is 1.26. The van der Waals surface area contributed by atoms with Crippen molar-refractivity contribution in [1.82, 2.24) is 0 Å². The Morgan fingerprint density at radius 3 is 2.31 bits per heavy atom. The lowest BCUT2D eigenvalue weighted by Crippen LogP contribution is -2.13. The summed E-state index contributed by atoms with van der Waals surface area (Å²) in [6.45, 7) is 1.23. The van der Waals surface area contributed by atoms with Crippen molar-refractivity contribution in [3.8, 4) is 5.75 Å². The second-order valence-electron chi connectivity index (χ2n) is 3.06. The molecule has 2 nitrogen and oxygen atoms in total. The molecule has 0 aromatic heterocycles. The maximum Gasteiger partial charge on any atom is 0.421 e. The van der Waals surface area contributed by atoms with E-state index in [1.165, 1.54) is 35.6 Å². The van der Waals surface area contributed by atoms with Crippen LogP contribution in [0.15, 0.2) is 12.1 Å². The van der Waals surface area contributed by atoms with E-state index >= 15 is 0 Å². The van der Waals surface area contributed by atoms with Crippen LogP contribution in [-0.2, 0) is 6.18 Å². The fourth-order valence-corrected chi connectivity index (χ4v) is 2.40. The van der Waals surface area contributed by atoms with Crippen LogP contribution in [-0.4, -0.2) is 12.9 Å². The molecule has 0 amide bonds. The molecular weight excluding hydrogens is 336 g/mol. The van der Waals surface area contributed by atoms with Crippen molar-refractivity contribution in [2.75, 3.05) is 7.11 Å². The molecule has 0 unspecified atom stereocenters. The number of rotatable bonds is 2. The minimum atomic E-state index is -4.53. The van der Waals surface area contributed by atoms with Gasteiger partial charge in [-0.05, 0) is 41.6 Å². The molecule has 0 spiro atoms. The number of ether oxygens (including phenoxy) is 1. The van der Waals surface area contributed by atoms with Crippen LogP contribution in [0.1, 0.15) is 22.8 Å². The highest BCUT2D eigenvalue weighted by atomic mass is 127. The fraction of sp³-hybridized carbons (Fsp3) is 0.300. The molecule has 0 N–H and O–H groups in total. The molecule has 1 rings (SSSR count). The van der Waals surface area contributed by atoms with Gasteiger partial charge in [-0.3, -0.25) is 4.79 Å². The highest BCUT2D eigenvalue weighted by Crippen LogP contribution is 2.40. The van der Waals surface area contributed by atoms with E-state index in [4.69, 9.17) is 0 Å². The van der Waals surface area contributed by atoms with Gasteiger partial charge < -0.3 is 4.74 Å². The highest BCUT2D eigenvalue weighted by molar-refractivity contribution is 14.1. The average Bonchev–Trinajstić information content (AvgIpc) is 2.14. The predicted octanol–water partition coefficient (Wildman–Crippen LogP) is 3.52. The average molecular weight is 344 g/mol. The molecular formula is C10H8F3IO2. The van der Waals surface area contributed by atoms with E-state index in [-0.39, 0.29) is 14.9 Å². The van der Waals surface area contributed by atoms with Crippen LogP contribution >= 0.6 is 22.6 Å². The van der Waals surface area contributed by atoms with Gasteiger partial charge in [0.05, 0.1) is 7.11 Å². The first-order valence-corrected chi connectivity index (χ1v) is 5.31. The van der Waals surface area contributed by atoms with Crippen molar-refractivity contribution in [2.24, 2.45) is 0 Å².